The molecule has 0 fully saturated rings. The standard InChI is InChI=1S/C17H18FNO3/c1-2-21-15-7-9-16(10-8-15)22-12-11-19-17(20)13-3-5-14(18)6-4-13/h3-10H,2,11-12H2,1H3,(H,19,20). The SMILES string of the molecule is CCOc1ccc(OCCNC(=O)c2ccc(F)cc2)cc1. The van der Waals surface area contributed by atoms with E-state index in [0.717, 1.165) is 5.75 Å². The minimum absolute atomic E-state index is 0.254. The van der Waals surface area contributed by atoms with E-state index in [1.54, 1.807) is 0 Å². The number of benzene rings is 2. The molecule has 2 rings (SSSR count). The lowest BCUT2D eigenvalue weighted by molar-refractivity contribution is 0.0947. The van der Waals surface area contributed by atoms with Crippen molar-refractivity contribution < 1.29 is 18.7 Å². The lowest BCUT2D eigenvalue weighted by Crippen LogP contribution is -2.28. The van der Waals surface area contributed by atoms with Crippen molar-refractivity contribution in [3.63, 3.8) is 0 Å². The molecule has 0 bridgehead atoms. The van der Waals surface area contributed by atoms with Gasteiger partial charge in [0.1, 0.15) is 23.9 Å². The third-order valence-electron chi connectivity index (χ3n) is 2.90. The van der Waals surface area contributed by atoms with Gasteiger partial charge in [-0.15, -0.1) is 0 Å². The maximum Gasteiger partial charge on any atom is 0.251 e. The summed E-state index contributed by atoms with van der Waals surface area (Å²) in [5.41, 5.74) is 0.419. The molecule has 0 aliphatic carbocycles. The summed E-state index contributed by atoms with van der Waals surface area (Å²) in [6.45, 7) is 3.26. The van der Waals surface area contributed by atoms with Gasteiger partial charge in [-0.25, -0.2) is 4.39 Å². The number of hydrogen-bond acceptors (Lipinski definition) is 3. The van der Waals surface area contributed by atoms with Crippen LogP contribution < -0.4 is 14.8 Å². The van der Waals surface area contributed by atoms with E-state index in [1.165, 1.54) is 24.3 Å². The number of ether oxygens (including phenoxy) is 2. The first-order valence-electron chi connectivity index (χ1n) is 7.08. The van der Waals surface area contributed by atoms with Gasteiger partial charge in [-0.3, -0.25) is 4.79 Å². The Balaban J connectivity index is 1.72. The van der Waals surface area contributed by atoms with Gasteiger partial charge in [0.2, 0.25) is 0 Å². The summed E-state index contributed by atoms with van der Waals surface area (Å²) in [5.74, 6) is 0.879. The van der Waals surface area contributed by atoms with Gasteiger partial charge in [0, 0.05) is 5.56 Å². The highest BCUT2D eigenvalue weighted by molar-refractivity contribution is 5.94. The van der Waals surface area contributed by atoms with E-state index in [0.29, 0.717) is 31.1 Å². The summed E-state index contributed by atoms with van der Waals surface area (Å²) in [6.07, 6.45) is 0. The molecule has 0 radical (unpaired) electrons. The molecule has 22 heavy (non-hydrogen) atoms. The van der Waals surface area contributed by atoms with Crippen molar-refractivity contribution in [3.05, 3.63) is 59.9 Å². The Hall–Kier alpha value is -2.56. The molecule has 0 saturated heterocycles. The summed E-state index contributed by atoms with van der Waals surface area (Å²) < 4.78 is 23.6. The van der Waals surface area contributed by atoms with Crippen LogP contribution >= 0.6 is 0 Å². The second kappa shape index (κ2) is 8.02. The fourth-order valence-corrected chi connectivity index (χ4v) is 1.84. The van der Waals surface area contributed by atoms with Gasteiger partial charge in [-0.2, -0.15) is 0 Å². The van der Waals surface area contributed by atoms with Crippen molar-refractivity contribution >= 4 is 5.91 Å². The fourth-order valence-electron chi connectivity index (χ4n) is 1.84. The quantitative estimate of drug-likeness (QED) is 0.800. The minimum Gasteiger partial charge on any atom is -0.494 e. The van der Waals surface area contributed by atoms with Crippen LogP contribution in [0.4, 0.5) is 4.39 Å². The highest BCUT2D eigenvalue weighted by Gasteiger charge is 2.04. The van der Waals surface area contributed by atoms with Crippen molar-refractivity contribution in [2.24, 2.45) is 0 Å². The predicted octanol–water partition coefficient (Wildman–Crippen LogP) is 3.03. The second-order valence-electron chi connectivity index (χ2n) is 4.52. The summed E-state index contributed by atoms with van der Waals surface area (Å²) in [5, 5.41) is 2.71. The van der Waals surface area contributed by atoms with Gasteiger partial charge < -0.3 is 14.8 Å². The largest absolute Gasteiger partial charge is 0.494 e. The van der Waals surface area contributed by atoms with E-state index in [4.69, 9.17) is 9.47 Å². The van der Waals surface area contributed by atoms with Crippen LogP contribution in [0, 0.1) is 5.82 Å². The van der Waals surface area contributed by atoms with Crippen LogP contribution in [0.1, 0.15) is 17.3 Å². The maximum atomic E-state index is 12.8. The van der Waals surface area contributed by atoms with Gasteiger partial charge in [0.25, 0.3) is 5.91 Å². The molecule has 0 atom stereocenters. The van der Waals surface area contributed by atoms with Crippen LogP contribution in [0.5, 0.6) is 11.5 Å². The smallest absolute Gasteiger partial charge is 0.251 e. The van der Waals surface area contributed by atoms with Crippen LogP contribution in [0.3, 0.4) is 0 Å². The van der Waals surface area contributed by atoms with Crippen LogP contribution in [-0.2, 0) is 0 Å². The summed E-state index contributed by atoms with van der Waals surface area (Å²) in [7, 11) is 0. The van der Waals surface area contributed by atoms with E-state index >= 15 is 0 Å². The van der Waals surface area contributed by atoms with Crippen molar-refractivity contribution in [2.45, 2.75) is 6.92 Å². The number of carbonyl (C=O) groups excluding carboxylic acids is 1. The summed E-state index contributed by atoms with van der Waals surface area (Å²) in [6, 6.07) is 12.7. The number of amides is 1. The molecule has 0 unspecified atom stereocenters. The Morgan fingerprint density at radius 3 is 2.18 bits per heavy atom. The van der Waals surface area contributed by atoms with E-state index < -0.39 is 0 Å². The fraction of sp³-hybridized carbons (Fsp3) is 0.235. The molecule has 0 aliphatic heterocycles. The minimum atomic E-state index is -0.365. The Kier molecular flexibility index (Phi) is 5.77. The van der Waals surface area contributed by atoms with Gasteiger partial charge in [0.05, 0.1) is 13.2 Å². The van der Waals surface area contributed by atoms with E-state index in [9.17, 15) is 9.18 Å². The third kappa shape index (κ3) is 4.77. The second-order valence-corrected chi connectivity index (χ2v) is 4.52. The molecule has 0 spiro atoms. The van der Waals surface area contributed by atoms with E-state index in [2.05, 4.69) is 5.32 Å². The maximum absolute atomic E-state index is 12.8. The average Bonchev–Trinajstić information content (AvgIpc) is 2.54. The monoisotopic (exact) mass is 303 g/mol. The Labute approximate surface area is 128 Å². The molecule has 0 aliphatic rings. The van der Waals surface area contributed by atoms with Crippen LogP contribution in [0.2, 0.25) is 0 Å². The molecule has 4 nitrogen and oxygen atoms in total. The predicted molar refractivity (Wildman–Crippen MR) is 81.8 cm³/mol. The van der Waals surface area contributed by atoms with Gasteiger partial charge in [0.15, 0.2) is 0 Å². The topological polar surface area (TPSA) is 47.6 Å². The number of hydrogen-bond donors (Lipinski definition) is 1. The molecule has 116 valence electrons. The van der Waals surface area contributed by atoms with Crippen molar-refractivity contribution in [1.82, 2.24) is 5.32 Å². The molecule has 0 heterocycles. The van der Waals surface area contributed by atoms with Crippen LogP contribution in [0.15, 0.2) is 48.5 Å². The van der Waals surface area contributed by atoms with Crippen LogP contribution in [0.25, 0.3) is 0 Å². The molecule has 1 amide bonds. The lowest BCUT2D eigenvalue weighted by Gasteiger charge is -2.09. The van der Waals surface area contributed by atoms with Crippen molar-refractivity contribution in [1.29, 1.82) is 0 Å². The first-order valence-corrected chi connectivity index (χ1v) is 7.08. The number of carbonyl (C=O) groups is 1. The lowest BCUT2D eigenvalue weighted by atomic mass is 10.2. The van der Waals surface area contributed by atoms with E-state index in [-0.39, 0.29) is 11.7 Å². The Morgan fingerprint density at radius 1 is 1.00 bits per heavy atom. The molecule has 2 aromatic carbocycles. The molecular formula is C17H18FNO3. The zero-order valence-electron chi connectivity index (χ0n) is 12.3. The van der Waals surface area contributed by atoms with Gasteiger partial charge in [-0.1, -0.05) is 0 Å². The van der Waals surface area contributed by atoms with E-state index in [1.807, 2.05) is 31.2 Å². The zero-order valence-corrected chi connectivity index (χ0v) is 12.3. The zero-order chi connectivity index (χ0) is 15.8. The first kappa shape index (κ1) is 15.8. The number of halogens is 1. The third-order valence-corrected chi connectivity index (χ3v) is 2.90. The molecule has 2 aromatic rings. The molecule has 1 N–H and O–H groups in total. The highest BCUT2D eigenvalue weighted by Crippen LogP contribution is 2.17. The molecule has 0 aromatic heterocycles. The Morgan fingerprint density at radius 2 is 1.59 bits per heavy atom. The van der Waals surface area contributed by atoms with Crippen molar-refractivity contribution in [3.8, 4) is 11.5 Å². The average molecular weight is 303 g/mol. The number of nitrogens with one attached hydrogen (secondary N) is 1. The Bertz CT molecular complexity index is 596. The summed E-state index contributed by atoms with van der Waals surface area (Å²) >= 11 is 0. The molecule has 0 saturated carbocycles. The highest BCUT2D eigenvalue weighted by atomic mass is 19.1. The number of rotatable bonds is 7. The van der Waals surface area contributed by atoms with Crippen LogP contribution in [-0.4, -0.2) is 25.7 Å². The normalized spacial score (nSPS) is 10.1. The molecule has 5 heteroatoms. The first-order chi connectivity index (χ1) is 10.7. The summed E-state index contributed by atoms with van der Waals surface area (Å²) in [4.78, 5) is 11.8. The molecular weight excluding hydrogens is 285 g/mol. The van der Waals surface area contributed by atoms with Crippen molar-refractivity contribution in [2.75, 3.05) is 19.8 Å². The van der Waals surface area contributed by atoms with Gasteiger partial charge >= 0.3 is 0 Å². The van der Waals surface area contributed by atoms with Gasteiger partial charge in [-0.05, 0) is 55.5 Å².